The lowest BCUT2D eigenvalue weighted by Crippen LogP contribution is -2.17. The molecule has 0 aliphatic heterocycles. The molecule has 2 nitrogen and oxygen atoms in total. The summed E-state index contributed by atoms with van der Waals surface area (Å²) in [5.41, 5.74) is 17.4. The largest absolute Gasteiger partial charge is 0.309 e. The molecule has 2 aliphatic rings. The second-order valence-corrected chi connectivity index (χ2v) is 20.4. The smallest absolute Gasteiger partial charge is 0.0540 e. The van der Waals surface area contributed by atoms with Gasteiger partial charge in [-0.05, 0) is 125 Å². The third kappa shape index (κ3) is 5.80. The highest BCUT2D eigenvalue weighted by Crippen LogP contribution is 2.58. The summed E-state index contributed by atoms with van der Waals surface area (Å²) in [7, 11) is 0. The van der Waals surface area contributed by atoms with Gasteiger partial charge >= 0.3 is 0 Å². The molecule has 12 aromatic carbocycles. The zero-order valence-corrected chi connectivity index (χ0v) is 39.8. The zero-order chi connectivity index (χ0) is 46.9. The Morgan fingerprint density at radius 2 is 0.557 bits per heavy atom. The monoisotopic (exact) mass is 894 g/mol. The van der Waals surface area contributed by atoms with Gasteiger partial charge in [-0.25, -0.2) is 0 Å². The fourth-order valence-electron chi connectivity index (χ4n) is 12.6. The van der Waals surface area contributed by atoms with E-state index in [4.69, 9.17) is 0 Å². The predicted octanol–water partition coefficient (Wildman–Crippen LogP) is 19.0. The Morgan fingerprint density at radius 1 is 0.257 bits per heavy atom. The van der Waals surface area contributed by atoms with Crippen LogP contribution in [0.5, 0.6) is 0 Å². The van der Waals surface area contributed by atoms with Gasteiger partial charge in [0.05, 0.1) is 22.7 Å². The molecule has 0 unspecified atom stereocenters. The van der Waals surface area contributed by atoms with E-state index < -0.39 is 0 Å². The topological polar surface area (TPSA) is 6.48 Å². The molecule has 0 aromatic heterocycles. The first-order valence-electron chi connectivity index (χ1n) is 24.7. The van der Waals surface area contributed by atoms with Crippen molar-refractivity contribution in [2.75, 3.05) is 9.80 Å². The van der Waals surface area contributed by atoms with Crippen LogP contribution in [0.1, 0.15) is 49.9 Å². The van der Waals surface area contributed by atoms with Crippen LogP contribution < -0.4 is 9.80 Å². The van der Waals surface area contributed by atoms with Gasteiger partial charge < -0.3 is 9.80 Å². The van der Waals surface area contributed by atoms with Gasteiger partial charge in [-0.3, -0.25) is 0 Å². The second kappa shape index (κ2) is 15.0. The summed E-state index contributed by atoms with van der Waals surface area (Å²) >= 11 is 0. The van der Waals surface area contributed by atoms with Crippen molar-refractivity contribution in [1.82, 2.24) is 0 Å². The molecule has 2 aliphatic carbocycles. The molecule has 0 fully saturated rings. The molecular formula is C68H50N2. The first-order valence-corrected chi connectivity index (χ1v) is 24.7. The minimum atomic E-state index is -0.226. The van der Waals surface area contributed by atoms with Crippen LogP contribution >= 0.6 is 0 Å². The number of nitrogens with zero attached hydrogens (tertiary/aromatic N) is 2. The van der Waals surface area contributed by atoms with E-state index in [9.17, 15) is 0 Å². The van der Waals surface area contributed by atoms with Crippen LogP contribution in [0.2, 0.25) is 0 Å². The number of anilines is 6. The van der Waals surface area contributed by atoms with E-state index in [0.717, 1.165) is 11.4 Å². The summed E-state index contributed by atoms with van der Waals surface area (Å²) in [6.45, 7) is 9.66. The summed E-state index contributed by atoms with van der Waals surface area (Å²) in [5.74, 6) is 0. The van der Waals surface area contributed by atoms with Crippen LogP contribution in [-0.2, 0) is 10.8 Å². The SMILES string of the molecule is CC1(C)c2cc(N(c3cccc4ccccc34)c3cccc4ccccc34)ccc2-c2c1ccc1c3c(ccc21)C(C)(C)c1cc(N(c2cccc4ccccc24)c2cccc4ccccc24)ccc1-3. The minimum absolute atomic E-state index is 0.226. The summed E-state index contributed by atoms with van der Waals surface area (Å²) in [4.78, 5) is 4.98. The molecule has 0 radical (unpaired) electrons. The van der Waals surface area contributed by atoms with E-state index in [-0.39, 0.29) is 10.8 Å². The molecular weight excluding hydrogens is 845 g/mol. The van der Waals surface area contributed by atoms with Crippen molar-refractivity contribution in [2.24, 2.45) is 0 Å². The molecule has 0 saturated carbocycles. The highest BCUT2D eigenvalue weighted by Gasteiger charge is 2.41. The molecule has 0 N–H and O–H groups in total. The lowest BCUT2D eigenvalue weighted by molar-refractivity contribution is 0.660. The lowest BCUT2D eigenvalue weighted by Gasteiger charge is -2.30. The molecule has 0 bridgehead atoms. The van der Waals surface area contributed by atoms with Crippen LogP contribution in [0.15, 0.2) is 231 Å². The normalized spacial score (nSPS) is 13.9. The summed E-state index contributed by atoms with van der Waals surface area (Å²) in [6, 6.07) is 86.0. The van der Waals surface area contributed by atoms with Gasteiger partial charge in [0.15, 0.2) is 0 Å². The van der Waals surface area contributed by atoms with Crippen LogP contribution in [0.3, 0.4) is 0 Å². The van der Waals surface area contributed by atoms with E-state index in [0.29, 0.717) is 0 Å². The fraction of sp³-hybridized carbons (Fsp3) is 0.0882. The maximum Gasteiger partial charge on any atom is 0.0540 e. The third-order valence-corrected chi connectivity index (χ3v) is 16.0. The van der Waals surface area contributed by atoms with Crippen LogP contribution in [0, 0.1) is 0 Å². The molecule has 70 heavy (non-hydrogen) atoms. The molecule has 2 heteroatoms. The van der Waals surface area contributed by atoms with Gasteiger partial charge in [-0.2, -0.15) is 0 Å². The average molecular weight is 895 g/mol. The lowest BCUT2D eigenvalue weighted by atomic mass is 9.80. The average Bonchev–Trinajstić information content (AvgIpc) is 3.78. The predicted molar refractivity (Wildman–Crippen MR) is 298 cm³/mol. The summed E-state index contributed by atoms with van der Waals surface area (Å²) < 4.78 is 0. The van der Waals surface area contributed by atoms with Crippen LogP contribution in [0.25, 0.3) is 76.1 Å². The van der Waals surface area contributed by atoms with Crippen molar-refractivity contribution in [1.29, 1.82) is 0 Å². The maximum absolute atomic E-state index is 2.49. The van der Waals surface area contributed by atoms with Gasteiger partial charge in [0.25, 0.3) is 0 Å². The Morgan fingerprint density at radius 3 is 0.886 bits per heavy atom. The van der Waals surface area contributed by atoms with Gasteiger partial charge in [0.2, 0.25) is 0 Å². The molecule has 0 spiro atoms. The first-order chi connectivity index (χ1) is 34.3. The van der Waals surface area contributed by atoms with E-state index in [1.54, 1.807) is 0 Å². The Balaban J connectivity index is 0.937. The van der Waals surface area contributed by atoms with Gasteiger partial charge in [0.1, 0.15) is 0 Å². The van der Waals surface area contributed by atoms with Crippen molar-refractivity contribution in [3.8, 4) is 22.3 Å². The van der Waals surface area contributed by atoms with Crippen molar-refractivity contribution < 1.29 is 0 Å². The van der Waals surface area contributed by atoms with Crippen molar-refractivity contribution in [2.45, 2.75) is 38.5 Å². The van der Waals surface area contributed by atoms with E-state index >= 15 is 0 Å². The van der Waals surface area contributed by atoms with Gasteiger partial charge in [-0.1, -0.05) is 210 Å². The number of hydrogen-bond acceptors (Lipinski definition) is 2. The highest BCUT2D eigenvalue weighted by atomic mass is 15.2. The number of hydrogen-bond donors (Lipinski definition) is 0. The number of rotatable bonds is 6. The Labute approximate surface area is 409 Å². The summed E-state index contributed by atoms with van der Waals surface area (Å²) in [6.07, 6.45) is 0. The van der Waals surface area contributed by atoms with Crippen molar-refractivity contribution in [3.05, 3.63) is 253 Å². The zero-order valence-electron chi connectivity index (χ0n) is 39.8. The second-order valence-electron chi connectivity index (χ2n) is 20.4. The molecule has 0 saturated heterocycles. The molecule has 0 atom stereocenters. The van der Waals surface area contributed by atoms with Gasteiger partial charge in [0, 0.05) is 43.7 Å². The minimum Gasteiger partial charge on any atom is -0.309 e. The number of fused-ring (bicyclic) bond motifs is 13. The standard InChI is InChI=1S/C68H50N2/c1-67(2)57-39-37-54-53(65(57)55-35-33-47(41-59(55)67)69(61-29-13-21-43-17-5-9-25-49(43)61)62-30-14-22-44-18-6-10-26-50(44)62)38-40-58-66(54)56-36-34-48(42-60(56)68(58,3)4)70(63-31-15-23-45-19-7-11-27-51(45)63)64-32-16-24-46-20-8-12-28-52(46)64/h5-42H,1-4H3. The van der Waals surface area contributed by atoms with E-state index in [1.165, 1.54) is 121 Å². The van der Waals surface area contributed by atoms with Crippen LogP contribution in [-0.4, -0.2) is 0 Å². The molecule has 12 aromatic rings. The molecule has 0 amide bonds. The maximum atomic E-state index is 2.49. The summed E-state index contributed by atoms with van der Waals surface area (Å²) in [5, 5.41) is 12.5. The number of benzene rings is 12. The Bertz CT molecular complexity index is 3710. The van der Waals surface area contributed by atoms with E-state index in [2.05, 4.69) is 268 Å². The van der Waals surface area contributed by atoms with E-state index in [1.807, 2.05) is 0 Å². The third-order valence-electron chi connectivity index (χ3n) is 16.0. The quantitative estimate of drug-likeness (QED) is 0.164. The Kier molecular flexibility index (Phi) is 8.71. The molecule has 14 rings (SSSR count). The fourth-order valence-corrected chi connectivity index (χ4v) is 12.6. The van der Waals surface area contributed by atoms with Gasteiger partial charge in [-0.15, -0.1) is 0 Å². The van der Waals surface area contributed by atoms with Crippen molar-refractivity contribution in [3.63, 3.8) is 0 Å². The highest BCUT2D eigenvalue weighted by molar-refractivity contribution is 6.12. The first kappa shape index (κ1) is 40.6. The Hall–Kier alpha value is -8.46. The molecule has 0 heterocycles. The van der Waals surface area contributed by atoms with Crippen molar-refractivity contribution >= 4 is 88.0 Å². The van der Waals surface area contributed by atoms with Crippen LogP contribution in [0.4, 0.5) is 34.1 Å². The molecule has 332 valence electrons.